The van der Waals surface area contributed by atoms with Crippen LogP contribution in [0.1, 0.15) is 48.0 Å². The monoisotopic (exact) mass is 243 g/mol. The molecule has 0 heterocycles. The largest absolute Gasteiger partial charge is 0.384 e. The van der Waals surface area contributed by atoms with Gasteiger partial charge in [-0.3, -0.25) is 4.79 Å². The summed E-state index contributed by atoms with van der Waals surface area (Å²) in [7, 11) is 0. The molecular weight excluding hydrogens is 218 g/mol. The molecule has 0 unspecified atom stereocenters. The van der Waals surface area contributed by atoms with E-state index in [4.69, 9.17) is 10.6 Å². The van der Waals surface area contributed by atoms with Crippen LogP contribution in [0.2, 0.25) is 0 Å². The molecule has 17 heavy (non-hydrogen) atoms. The Morgan fingerprint density at radius 2 is 1.82 bits per heavy atom. The molecule has 3 N–H and O–H groups in total. The van der Waals surface area contributed by atoms with E-state index >= 15 is 0 Å². The van der Waals surface area contributed by atoms with Crippen molar-refractivity contribution in [1.29, 1.82) is 0 Å². The smallest absolute Gasteiger partial charge is 0.261 e. The van der Waals surface area contributed by atoms with Gasteiger partial charge in [0.2, 0.25) is 0 Å². The maximum Gasteiger partial charge on any atom is 0.261 e. The Morgan fingerprint density at radius 3 is 2.24 bits per heavy atom. The van der Waals surface area contributed by atoms with E-state index in [-0.39, 0.29) is 23.5 Å². The van der Waals surface area contributed by atoms with Crippen LogP contribution < -0.4 is 11.1 Å². The molecule has 0 saturated heterocycles. The maximum absolute atomic E-state index is 11.5. The molecule has 0 spiro atoms. The first kappa shape index (κ1) is 15.7. The first-order valence-electron chi connectivity index (χ1n) is 5.85. The predicted octanol–water partition coefficient (Wildman–Crippen LogP) is 1.63. The summed E-state index contributed by atoms with van der Waals surface area (Å²) in [6.45, 7) is 11.6. The van der Waals surface area contributed by atoms with Crippen molar-refractivity contribution in [3.05, 3.63) is 0 Å². The lowest BCUT2D eigenvalue weighted by atomic mass is 9.96. The SMILES string of the molecule is CCC(C)(C)NC(=O)CO/N=C(\N)C(C)(C)C. The normalized spacial score (nSPS) is 13.4. The third kappa shape index (κ3) is 6.81. The summed E-state index contributed by atoms with van der Waals surface area (Å²) < 4.78 is 0. The maximum atomic E-state index is 11.5. The van der Waals surface area contributed by atoms with Gasteiger partial charge >= 0.3 is 0 Å². The summed E-state index contributed by atoms with van der Waals surface area (Å²) in [5.41, 5.74) is 5.21. The number of nitrogens with two attached hydrogens (primary N) is 1. The van der Waals surface area contributed by atoms with Crippen LogP contribution in [0.25, 0.3) is 0 Å². The second-order valence-corrected chi connectivity index (χ2v) is 5.79. The molecule has 0 radical (unpaired) electrons. The summed E-state index contributed by atoms with van der Waals surface area (Å²) in [5, 5.41) is 6.57. The number of nitrogens with zero attached hydrogens (tertiary/aromatic N) is 1. The third-order valence-corrected chi connectivity index (χ3v) is 2.49. The molecule has 0 aromatic heterocycles. The van der Waals surface area contributed by atoms with Gasteiger partial charge in [0.15, 0.2) is 6.61 Å². The average molecular weight is 243 g/mol. The molecule has 0 aromatic carbocycles. The molecule has 0 fully saturated rings. The molecule has 0 bridgehead atoms. The zero-order chi connectivity index (χ0) is 13.7. The highest BCUT2D eigenvalue weighted by Gasteiger charge is 2.19. The van der Waals surface area contributed by atoms with E-state index in [1.807, 2.05) is 41.5 Å². The van der Waals surface area contributed by atoms with Gasteiger partial charge in [0.05, 0.1) is 0 Å². The molecule has 0 aliphatic rings. The minimum atomic E-state index is -0.251. The second kappa shape index (κ2) is 5.89. The zero-order valence-corrected chi connectivity index (χ0v) is 11.8. The Kier molecular flexibility index (Phi) is 5.45. The molecule has 0 rings (SSSR count). The minimum Gasteiger partial charge on any atom is -0.384 e. The number of carbonyl (C=O) groups excluding carboxylic acids is 1. The van der Waals surface area contributed by atoms with Crippen molar-refractivity contribution in [2.75, 3.05) is 6.61 Å². The van der Waals surface area contributed by atoms with Gasteiger partial charge in [-0.25, -0.2) is 0 Å². The Balaban J connectivity index is 4.11. The van der Waals surface area contributed by atoms with E-state index in [9.17, 15) is 4.79 Å². The molecule has 0 aliphatic carbocycles. The Morgan fingerprint density at radius 1 is 1.29 bits per heavy atom. The number of carbonyl (C=O) groups is 1. The van der Waals surface area contributed by atoms with E-state index in [2.05, 4.69) is 10.5 Å². The van der Waals surface area contributed by atoms with Crippen molar-refractivity contribution >= 4 is 11.7 Å². The quantitative estimate of drug-likeness (QED) is 0.437. The summed E-state index contributed by atoms with van der Waals surface area (Å²) in [5.74, 6) is 0.183. The van der Waals surface area contributed by atoms with Crippen molar-refractivity contribution in [3.8, 4) is 0 Å². The summed E-state index contributed by atoms with van der Waals surface area (Å²) >= 11 is 0. The lowest BCUT2D eigenvalue weighted by Crippen LogP contribution is -2.44. The first-order chi connectivity index (χ1) is 7.58. The van der Waals surface area contributed by atoms with Gasteiger partial charge in [-0.05, 0) is 20.3 Å². The van der Waals surface area contributed by atoms with Crippen LogP contribution in [-0.2, 0) is 9.63 Å². The van der Waals surface area contributed by atoms with E-state index in [1.54, 1.807) is 0 Å². The van der Waals surface area contributed by atoms with E-state index in [0.29, 0.717) is 5.84 Å². The standard InChI is InChI=1S/C12H25N3O2/c1-7-12(5,6)14-9(16)8-17-15-10(13)11(2,3)4/h7-8H2,1-6H3,(H2,13,15)(H,14,16). The molecule has 0 aliphatic heterocycles. The second-order valence-electron chi connectivity index (χ2n) is 5.79. The molecule has 0 aromatic rings. The van der Waals surface area contributed by atoms with Crippen molar-refractivity contribution in [2.24, 2.45) is 16.3 Å². The third-order valence-electron chi connectivity index (χ3n) is 2.49. The lowest BCUT2D eigenvalue weighted by Gasteiger charge is -2.24. The van der Waals surface area contributed by atoms with Crippen LogP contribution in [0.4, 0.5) is 0 Å². The summed E-state index contributed by atoms with van der Waals surface area (Å²) in [4.78, 5) is 16.4. The molecule has 5 heteroatoms. The van der Waals surface area contributed by atoms with E-state index in [1.165, 1.54) is 0 Å². The van der Waals surface area contributed by atoms with Crippen molar-refractivity contribution < 1.29 is 9.63 Å². The minimum absolute atomic E-state index is 0.111. The first-order valence-corrected chi connectivity index (χ1v) is 5.85. The van der Waals surface area contributed by atoms with Crippen LogP contribution >= 0.6 is 0 Å². The summed E-state index contributed by atoms with van der Waals surface area (Å²) in [6.07, 6.45) is 0.853. The number of amides is 1. The highest BCUT2D eigenvalue weighted by Crippen LogP contribution is 2.12. The average Bonchev–Trinajstić information content (AvgIpc) is 2.15. The zero-order valence-electron chi connectivity index (χ0n) is 11.8. The lowest BCUT2D eigenvalue weighted by molar-refractivity contribution is -0.127. The molecular formula is C12H25N3O2. The fourth-order valence-electron chi connectivity index (χ4n) is 0.799. The summed E-state index contributed by atoms with van der Waals surface area (Å²) in [6, 6.07) is 0. The Hall–Kier alpha value is -1.26. The van der Waals surface area contributed by atoms with Gasteiger partial charge in [0, 0.05) is 11.0 Å². The van der Waals surface area contributed by atoms with Crippen LogP contribution in [0.15, 0.2) is 5.16 Å². The topological polar surface area (TPSA) is 76.7 Å². The number of rotatable bonds is 5. The van der Waals surface area contributed by atoms with Gasteiger partial charge in [-0.2, -0.15) is 0 Å². The highest BCUT2D eigenvalue weighted by molar-refractivity contribution is 5.85. The van der Waals surface area contributed by atoms with Crippen LogP contribution in [0, 0.1) is 5.41 Å². The highest BCUT2D eigenvalue weighted by atomic mass is 16.6. The van der Waals surface area contributed by atoms with E-state index < -0.39 is 0 Å². The van der Waals surface area contributed by atoms with Gasteiger partial charge < -0.3 is 15.9 Å². The number of oxime groups is 1. The van der Waals surface area contributed by atoms with Gasteiger partial charge in [0.25, 0.3) is 5.91 Å². The van der Waals surface area contributed by atoms with Gasteiger partial charge in [-0.1, -0.05) is 32.9 Å². The number of hydrogen-bond donors (Lipinski definition) is 2. The van der Waals surface area contributed by atoms with Crippen LogP contribution in [0.5, 0.6) is 0 Å². The van der Waals surface area contributed by atoms with Crippen molar-refractivity contribution in [2.45, 2.75) is 53.5 Å². The molecule has 1 amide bonds. The van der Waals surface area contributed by atoms with Crippen LogP contribution in [-0.4, -0.2) is 23.9 Å². The number of amidine groups is 1. The molecule has 5 nitrogen and oxygen atoms in total. The van der Waals surface area contributed by atoms with Crippen molar-refractivity contribution in [1.82, 2.24) is 5.32 Å². The van der Waals surface area contributed by atoms with E-state index in [0.717, 1.165) is 6.42 Å². The fourth-order valence-corrected chi connectivity index (χ4v) is 0.799. The van der Waals surface area contributed by atoms with Crippen LogP contribution in [0.3, 0.4) is 0 Å². The number of hydrogen-bond acceptors (Lipinski definition) is 3. The van der Waals surface area contributed by atoms with Gasteiger partial charge in [0.1, 0.15) is 5.84 Å². The van der Waals surface area contributed by atoms with Crippen molar-refractivity contribution in [3.63, 3.8) is 0 Å². The number of nitrogens with one attached hydrogen (secondary N) is 1. The molecule has 100 valence electrons. The molecule has 0 atom stereocenters. The fraction of sp³-hybridized carbons (Fsp3) is 0.833. The van der Waals surface area contributed by atoms with Gasteiger partial charge in [-0.15, -0.1) is 0 Å². The Labute approximate surface area is 104 Å². The molecule has 0 saturated carbocycles. The Bertz CT molecular complexity index is 291. The predicted molar refractivity (Wildman–Crippen MR) is 69.5 cm³/mol.